The smallest absolute Gasteiger partial charge is 0.310 e. The highest BCUT2D eigenvalue weighted by atomic mass is 19.1. The number of carboxylic acids is 1. The highest BCUT2D eigenvalue weighted by Crippen LogP contribution is 2.36. The van der Waals surface area contributed by atoms with E-state index in [1.807, 2.05) is 27.7 Å². The number of carbonyl (C=O) groups excluding carboxylic acids is 1. The van der Waals surface area contributed by atoms with Gasteiger partial charge in [0.2, 0.25) is 0 Å². The first-order valence-electron chi connectivity index (χ1n) is 11.0. The van der Waals surface area contributed by atoms with Crippen molar-refractivity contribution < 1.29 is 29.0 Å². The molecule has 182 valence electrons. The summed E-state index contributed by atoms with van der Waals surface area (Å²) in [5.74, 6) is -2.13. The van der Waals surface area contributed by atoms with Crippen LogP contribution >= 0.6 is 0 Å². The molecule has 0 radical (unpaired) electrons. The molecule has 1 atom stereocenters. The number of rotatable bonds is 11. The highest BCUT2D eigenvalue weighted by Gasteiger charge is 2.22. The normalized spacial score (nSPS) is 12.7. The zero-order chi connectivity index (χ0) is 25.4. The standard InChI is InChI=1S/C26H31FN2O5/c1-15(2)25-21(11-10-19(30)12-20(31)13-23(32)33)24(17-6-8-18(27)9-7-17)22(14-28-34-5)26(29-25)16(3)4/h6-11,14-16,19,30H,12-13H2,1-5H3,(H,32,33). The minimum atomic E-state index is -1.24. The van der Waals surface area contributed by atoms with Gasteiger partial charge in [-0.05, 0) is 29.5 Å². The molecule has 0 saturated carbocycles. The van der Waals surface area contributed by atoms with Gasteiger partial charge >= 0.3 is 5.97 Å². The Kier molecular flexibility index (Phi) is 9.62. The lowest BCUT2D eigenvalue weighted by molar-refractivity contribution is -0.140. The maximum absolute atomic E-state index is 13.7. The summed E-state index contributed by atoms with van der Waals surface area (Å²) < 4.78 is 13.7. The van der Waals surface area contributed by atoms with Crippen LogP contribution in [0.15, 0.2) is 35.5 Å². The second kappa shape index (κ2) is 12.2. The predicted octanol–water partition coefficient (Wildman–Crippen LogP) is 4.92. The van der Waals surface area contributed by atoms with Crippen LogP contribution in [-0.2, 0) is 14.4 Å². The second-order valence-corrected chi connectivity index (χ2v) is 8.56. The van der Waals surface area contributed by atoms with Gasteiger partial charge in [0, 0.05) is 23.1 Å². The monoisotopic (exact) mass is 470 g/mol. The van der Waals surface area contributed by atoms with Gasteiger partial charge in [-0.2, -0.15) is 0 Å². The summed E-state index contributed by atoms with van der Waals surface area (Å²) in [5, 5.41) is 23.1. The average Bonchev–Trinajstić information content (AvgIpc) is 2.75. The molecule has 8 heteroatoms. The third-order valence-corrected chi connectivity index (χ3v) is 5.12. The Labute approximate surface area is 199 Å². The van der Waals surface area contributed by atoms with Crippen LogP contribution in [-0.4, -0.2) is 46.4 Å². The van der Waals surface area contributed by atoms with Crippen LogP contribution in [0, 0.1) is 5.82 Å². The van der Waals surface area contributed by atoms with Crippen LogP contribution in [0.1, 0.15) is 74.9 Å². The summed E-state index contributed by atoms with van der Waals surface area (Å²) >= 11 is 0. The molecule has 0 saturated heterocycles. The quantitative estimate of drug-likeness (QED) is 0.274. The van der Waals surface area contributed by atoms with Crippen molar-refractivity contribution in [2.75, 3.05) is 7.11 Å². The molecule has 2 aromatic rings. The molecule has 1 aromatic carbocycles. The number of aliphatic hydroxyl groups excluding tert-OH is 1. The fraction of sp³-hybridized carbons (Fsp3) is 0.385. The van der Waals surface area contributed by atoms with Crippen molar-refractivity contribution in [1.29, 1.82) is 0 Å². The van der Waals surface area contributed by atoms with Crippen LogP contribution in [0.5, 0.6) is 0 Å². The Morgan fingerprint density at radius 1 is 1.09 bits per heavy atom. The Balaban J connectivity index is 2.75. The zero-order valence-corrected chi connectivity index (χ0v) is 20.1. The average molecular weight is 471 g/mol. The lowest BCUT2D eigenvalue weighted by Crippen LogP contribution is -2.14. The van der Waals surface area contributed by atoms with E-state index in [0.717, 1.165) is 22.5 Å². The maximum Gasteiger partial charge on any atom is 0.310 e. The third-order valence-electron chi connectivity index (χ3n) is 5.12. The first-order chi connectivity index (χ1) is 16.0. The largest absolute Gasteiger partial charge is 0.481 e. The minimum Gasteiger partial charge on any atom is -0.481 e. The molecule has 1 heterocycles. The Bertz CT molecular complexity index is 1080. The first-order valence-corrected chi connectivity index (χ1v) is 11.0. The SMILES string of the molecule is CON=Cc1c(C(C)C)nc(C(C)C)c(C=CC(O)CC(=O)CC(=O)O)c1-c1ccc(F)cc1. The number of oxime groups is 1. The van der Waals surface area contributed by atoms with E-state index < -0.39 is 24.3 Å². The Morgan fingerprint density at radius 2 is 1.68 bits per heavy atom. The third kappa shape index (κ3) is 7.05. The van der Waals surface area contributed by atoms with Crippen LogP contribution < -0.4 is 0 Å². The number of pyridine rings is 1. The molecule has 0 aliphatic rings. The molecule has 0 amide bonds. The molecular weight excluding hydrogens is 439 g/mol. The maximum atomic E-state index is 13.7. The number of Topliss-reactive ketones (excluding diaryl/α,β-unsaturated/α-hetero) is 1. The molecule has 2 N–H and O–H groups in total. The van der Waals surface area contributed by atoms with Crippen molar-refractivity contribution in [3.63, 3.8) is 0 Å². The fourth-order valence-corrected chi connectivity index (χ4v) is 3.61. The van der Waals surface area contributed by atoms with E-state index in [-0.39, 0.29) is 24.1 Å². The van der Waals surface area contributed by atoms with Gasteiger partial charge in [-0.3, -0.25) is 14.6 Å². The molecular formula is C26H31FN2O5. The van der Waals surface area contributed by atoms with Crippen molar-refractivity contribution >= 4 is 24.0 Å². The van der Waals surface area contributed by atoms with Gasteiger partial charge in [0.1, 0.15) is 25.1 Å². The van der Waals surface area contributed by atoms with E-state index >= 15 is 0 Å². The van der Waals surface area contributed by atoms with Gasteiger partial charge in [-0.1, -0.05) is 57.1 Å². The number of hydrogen-bond acceptors (Lipinski definition) is 6. The van der Waals surface area contributed by atoms with Crippen molar-refractivity contribution in [2.24, 2.45) is 5.16 Å². The van der Waals surface area contributed by atoms with Crippen LogP contribution in [0.25, 0.3) is 17.2 Å². The lowest BCUT2D eigenvalue weighted by Gasteiger charge is -2.22. The van der Waals surface area contributed by atoms with Crippen molar-refractivity contribution in [2.45, 2.75) is 58.5 Å². The van der Waals surface area contributed by atoms with Crippen LogP contribution in [0.2, 0.25) is 0 Å². The summed E-state index contributed by atoms with van der Waals surface area (Å²) in [4.78, 5) is 32.4. The lowest BCUT2D eigenvalue weighted by atomic mass is 9.87. The Morgan fingerprint density at radius 3 is 2.21 bits per heavy atom. The van der Waals surface area contributed by atoms with Crippen molar-refractivity contribution in [3.8, 4) is 11.1 Å². The summed E-state index contributed by atoms with van der Waals surface area (Å²) in [7, 11) is 1.43. The van der Waals surface area contributed by atoms with Gasteiger partial charge in [0.25, 0.3) is 0 Å². The predicted molar refractivity (Wildman–Crippen MR) is 129 cm³/mol. The number of aromatic nitrogens is 1. The van der Waals surface area contributed by atoms with E-state index in [2.05, 4.69) is 5.16 Å². The summed E-state index contributed by atoms with van der Waals surface area (Å²) in [5.41, 5.74) is 4.40. The number of carboxylic acid groups (broad SMARTS) is 1. The van der Waals surface area contributed by atoms with Gasteiger partial charge in [-0.15, -0.1) is 0 Å². The minimum absolute atomic E-state index is 0.00977. The van der Waals surface area contributed by atoms with E-state index in [1.165, 1.54) is 25.3 Å². The van der Waals surface area contributed by atoms with Gasteiger partial charge in [0.05, 0.1) is 23.7 Å². The number of ketones is 1. The molecule has 0 aliphatic heterocycles. The number of hydrogen-bond donors (Lipinski definition) is 2. The van der Waals surface area contributed by atoms with Gasteiger partial charge in [0.15, 0.2) is 0 Å². The number of nitrogens with zero attached hydrogens (tertiary/aromatic N) is 2. The molecule has 34 heavy (non-hydrogen) atoms. The molecule has 0 spiro atoms. The van der Waals surface area contributed by atoms with Crippen molar-refractivity contribution in [1.82, 2.24) is 4.98 Å². The zero-order valence-electron chi connectivity index (χ0n) is 20.1. The molecule has 1 unspecified atom stereocenters. The Hall–Kier alpha value is -3.39. The summed E-state index contributed by atoms with van der Waals surface area (Å²) in [6.45, 7) is 8.01. The molecule has 1 aromatic heterocycles. The number of carbonyl (C=O) groups is 2. The van der Waals surface area contributed by atoms with Crippen molar-refractivity contribution in [3.05, 3.63) is 58.7 Å². The first kappa shape index (κ1) is 26.9. The van der Waals surface area contributed by atoms with E-state index in [1.54, 1.807) is 24.4 Å². The number of aliphatic hydroxyl groups is 1. The number of benzene rings is 1. The molecule has 7 nitrogen and oxygen atoms in total. The van der Waals surface area contributed by atoms with E-state index in [9.17, 15) is 19.1 Å². The number of aliphatic carboxylic acids is 1. The fourth-order valence-electron chi connectivity index (χ4n) is 3.61. The molecule has 0 fully saturated rings. The van der Waals surface area contributed by atoms with E-state index in [4.69, 9.17) is 14.9 Å². The van der Waals surface area contributed by atoms with Gasteiger partial charge < -0.3 is 15.1 Å². The second-order valence-electron chi connectivity index (χ2n) is 8.56. The molecule has 2 rings (SSSR count). The number of halogens is 1. The van der Waals surface area contributed by atoms with Crippen LogP contribution in [0.4, 0.5) is 4.39 Å². The van der Waals surface area contributed by atoms with Crippen LogP contribution in [0.3, 0.4) is 0 Å². The topological polar surface area (TPSA) is 109 Å². The van der Waals surface area contributed by atoms with E-state index in [0.29, 0.717) is 11.1 Å². The summed E-state index contributed by atoms with van der Waals surface area (Å²) in [6, 6.07) is 6.05. The van der Waals surface area contributed by atoms with Gasteiger partial charge in [-0.25, -0.2) is 4.39 Å². The summed E-state index contributed by atoms with van der Waals surface area (Å²) in [6.07, 6.45) is 2.55. The highest BCUT2D eigenvalue weighted by molar-refractivity contribution is 5.96. The molecule has 0 aliphatic carbocycles. The molecule has 0 bridgehead atoms.